The fourth-order valence-electron chi connectivity index (χ4n) is 4.37. The highest BCUT2D eigenvalue weighted by atomic mass is 16.2. The lowest BCUT2D eigenvalue weighted by atomic mass is 10.0. The van der Waals surface area contributed by atoms with Crippen molar-refractivity contribution in [3.8, 4) is 0 Å². The van der Waals surface area contributed by atoms with Crippen molar-refractivity contribution in [3.05, 3.63) is 70.8 Å². The molecule has 30 heavy (non-hydrogen) atoms. The first-order valence-corrected chi connectivity index (χ1v) is 11.2. The van der Waals surface area contributed by atoms with Crippen molar-refractivity contribution in [3.63, 3.8) is 0 Å². The van der Waals surface area contributed by atoms with Crippen LogP contribution in [0.1, 0.15) is 61.3 Å². The van der Waals surface area contributed by atoms with Crippen LogP contribution in [-0.4, -0.2) is 28.8 Å². The van der Waals surface area contributed by atoms with Gasteiger partial charge in [0.2, 0.25) is 11.8 Å². The van der Waals surface area contributed by atoms with Gasteiger partial charge in [-0.3, -0.25) is 9.59 Å². The Hall–Kier alpha value is -2.62. The van der Waals surface area contributed by atoms with Crippen molar-refractivity contribution in [1.82, 2.24) is 10.2 Å². The molecule has 0 spiro atoms. The number of benzene rings is 2. The van der Waals surface area contributed by atoms with Gasteiger partial charge in [-0.15, -0.1) is 0 Å². The van der Waals surface area contributed by atoms with E-state index < -0.39 is 6.04 Å². The molecule has 0 saturated heterocycles. The summed E-state index contributed by atoms with van der Waals surface area (Å²) in [5.74, 6) is -0.0191. The van der Waals surface area contributed by atoms with Crippen LogP contribution in [0.4, 0.5) is 0 Å². The lowest BCUT2D eigenvalue weighted by molar-refractivity contribution is -0.141. The molecule has 3 rings (SSSR count). The number of hydrogen-bond donors (Lipinski definition) is 1. The normalized spacial score (nSPS) is 15.0. The Balaban J connectivity index is 1.83. The van der Waals surface area contributed by atoms with E-state index in [9.17, 15) is 9.59 Å². The molecule has 1 saturated carbocycles. The van der Waals surface area contributed by atoms with Crippen molar-refractivity contribution < 1.29 is 9.59 Å². The maximum absolute atomic E-state index is 13.4. The molecule has 0 radical (unpaired) electrons. The molecular formula is C26H34N2O2. The van der Waals surface area contributed by atoms with Gasteiger partial charge in [0.05, 0.1) is 6.42 Å². The summed E-state index contributed by atoms with van der Waals surface area (Å²) in [5, 5.41) is 3.20. The van der Waals surface area contributed by atoms with E-state index in [4.69, 9.17) is 0 Å². The molecule has 1 fully saturated rings. The maximum Gasteiger partial charge on any atom is 0.243 e. The van der Waals surface area contributed by atoms with E-state index in [-0.39, 0.29) is 17.9 Å². The van der Waals surface area contributed by atoms with Crippen molar-refractivity contribution in [1.29, 1.82) is 0 Å². The molecule has 1 aliphatic rings. The van der Waals surface area contributed by atoms with Gasteiger partial charge >= 0.3 is 0 Å². The summed E-state index contributed by atoms with van der Waals surface area (Å²) in [5.41, 5.74) is 4.33. The average molecular weight is 407 g/mol. The number of rotatable bonds is 8. The Labute approximate surface area is 180 Å². The van der Waals surface area contributed by atoms with Crippen LogP contribution in [-0.2, 0) is 22.6 Å². The number of nitrogens with zero attached hydrogens (tertiary/aromatic N) is 1. The van der Waals surface area contributed by atoms with Crippen molar-refractivity contribution in [2.75, 3.05) is 0 Å². The molecule has 4 heteroatoms. The molecule has 1 aliphatic carbocycles. The molecule has 2 aromatic carbocycles. The lowest BCUT2D eigenvalue weighted by Crippen LogP contribution is -2.51. The zero-order valence-corrected chi connectivity index (χ0v) is 18.5. The van der Waals surface area contributed by atoms with Crippen LogP contribution in [0, 0.1) is 13.8 Å². The number of amides is 2. The van der Waals surface area contributed by atoms with Crippen LogP contribution in [0.5, 0.6) is 0 Å². The first kappa shape index (κ1) is 22.1. The van der Waals surface area contributed by atoms with Crippen LogP contribution >= 0.6 is 0 Å². The first-order valence-electron chi connectivity index (χ1n) is 11.2. The summed E-state index contributed by atoms with van der Waals surface area (Å²) < 4.78 is 0. The fourth-order valence-corrected chi connectivity index (χ4v) is 4.37. The van der Waals surface area contributed by atoms with Gasteiger partial charge in [-0.25, -0.2) is 0 Å². The van der Waals surface area contributed by atoms with Crippen LogP contribution in [0.25, 0.3) is 0 Å². The largest absolute Gasteiger partial charge is 0.352 e. The second kappa shape index (κ2) is 10.4. The highest BCUT2D eigenvalue weighted by molar-refractivity contribution is 5.88. The van der Waals surface area contributed by atoms with Crippen molar-refractivity contribution in [2.45, 2.75) is 77.9 Å². The minimum Gasteiger partial charge on any atom is -0.352 e. The summed E-state index contributed by atoms with van der Waals surface area (Å²) in [7, 11) is 0. The van der Waals surface area contributed by atoms with Crippen LogP contribution in [0.3, 0.4) is 0 Å². The first-order chi connectivity index (χ1) is 14.5. The van der Waals surface area contributed by atoms with Gasteiger partial charge in [0.15, 0.2) is 0 Å². The number of nitrogens with one attached hydrogen (secondary N) is 1. The van der Waals surface area contributed by atoms with Gasteiger partial charge in [0, 0.05) is 12.6 Å². The number of hydrogen-bond acceptors (Lipinski definition) is 2. The molecule has 0 bridgehead atoms. The molecule has 0 heterocycles. The third kappa shape index (κ3) is 5.71. The van der Waals surface area contributed by atoms with Crippen LogP contribution in [0.15, 0.2) is 48.5 Å². The van der Waals surface area contributed by atoms with Crippen molar-refractivity contribution >= 4 is 11.8 Å². The quantitative estimate of drug-likeness (QED) is 0.690. The SMILES string of the molecule is CC[C@H](C(=O)NC1CCCC1)N(Cc1cccc(C)c1)C(=O)Cc1ccccc1C. The van der Waals surface area contributed by atoms with Crippen molar-refractivity contribution in [2.24, 2.45) is 0 Å². The van der Waals surface area contributed by atoms with E-state index in [2.05, 4.69) is 11.4 Å². The number of aryl methyl sites for hydroxylation is 2. The summed E-state index contributed by atoms with van der Waals surface area (Å²) >= 11 is 0. The zero-order chi connectivity index (χ0) is 21.5. The Bertz CT molecular complexity index is 871. The highest BCUT2D eigenvalue weighted by Crippen LogP contribution is 2.20. The topological polar surface area (TPSA) is 49.4 Å². The molecule has 0 unspecified atom stereocenters. The van der Waals surface area contributed by atoms with E-state index in [0.717, 1.165) is 35.1 Å². The zero-order valence-electron chi connectivity index (χ0n) is 18.5. The predicted molar refractivity (Wildman–Crippen MR) is 121 cm³/mol. The molecule has 0 aromatic heterocycles. The summed E-state index contributed by atoms with van der Waals surface area (Å²) in [6.45, 7) is 6.51. The summed E-state index contributed by atoms with van der Waals surface area (Å²) in [6.07, 6.45) is 5.33. The Morgan fingerprint density at radius 1 is 1.07 bits per heavy atom. The van der Waals surface area contributed by atoms with E-state index in [1.54, 1.807) is 4.90 Å². The van der Waals surface area contributed by atoms with Crippen LogP contribution < -0.4 is 5.32 Å². The molecule has 4 nitrogen and oxygen atoms in total. The smallest absolute Gasteiger partial charge is 0.243 e. The number of carbonyl (C=O) groups is 2. The van der Waals surface area contributed by atoms with Gasteiger partial charge in [0.1, 0.15) is 6.04 Å². The van der Waals surface area contributed by atoms with Gasteiger partial charge in [0.25, 0.3) is 0 Å². The second-order valence-electron chi connectivity index (χ2n) is 8.53. The maximum atomic E-state index is 13.4. The second-order valence-corrected chi connectivity index (χ2v) is 8.53. The van der Waals surface area contributed by atoms with Gasteiger partial charge in [-0.05, 0) is 49.8 Å². The minimum absolute atomic E-state index is 0.000715. The molecular weight excluding hydrogens is 372 g/mol. The van der Waals surface area contributed by atoms with Gasteiger partial charge < -0.3 is 10.2 Å². The van der Waals surface area contributed by atoms with Gasteiger partial charge in [-0.1, -0.05) is 73.9 Å². The molecule has 1 atom stereocenters. The molecule has 2 aromatic rings. The van der Waals surface area contributed by atoms with E-state index in [1.165, 1.54) is 12.8 Å². The van der Waals surface area contributed by atoms with E-state index in [1.807, 2.05) is 63.2 Å². The summed E-state index contributed by atoms with van der Waals surface area (Å²) in [4.78, 5) is 28.4. The average Bonchev–Trinajstić information content (AvgIpc) is 3.22. The number of carbonyl (C=O) groups excluding carboxylic acids is 2. The van der Waals surface area contributed by atoms with E-state index >= 15 is 0 Å². The Kier molecular flexibility index (Phi) is 7.67. The van der Waals surface area contributed by atoms with E-state index in [0.29, 0.717) is 19.4 Å². The third-order valence-corrected chi connectivity index (χ3v) is 6.13. The Morgan fingerprint density at radius 2 is 1.80 bits per heavy atom. The molecule has 1 N–H and O–H groups in total. The Morgan fingerprint density at radius 3 is 2.47 bits per heavy atom. The standard InChI is InChI=1S/C26H34N2O2/c1-4-24(26(30)27-23-14-7-8-15-23)28(18-21-12-9-10-19(2)16-21)25(29)17-22-13-6-5-11-20(22)3/h5-6,9-13,16,23-24H,4,7-8,14-15,17-18H2,1-3H3,(H,27,30)/t24-/m1/s1. The molecule has 160 valence electrons. The third-order valence-electron chi connectivity index (χ3n) is 6.13. The molecule has 2 amide bonds. The summed E-state index contributed by atoms with van der Waals surface area (Å²) in [6, 6.07) is 15.9. The fraction of sp³-hybridized carbons (Fsp3) is 0.462. The van der Waals surface area contributed by atoms with Gasteiger partial charge in [-0.2, -0.15) is 0 Å². The van der Waals surface area contributed by atoms with Crippen LogP contribution in [0.2, 0.25) is 0 Å². The monoisotopic (exact) mass is 406 g/mol. The highest BCUT2D eigenvalue weighted by Gasteiger charge is 2.30. The molecule has 0 aliphatic heterocycles. The lowest BCUT2D eigenvalue weighted by Gasteiger charge is -2.32. The minimum atomic E-state index is -0.456. The predicted octanol–water partition coefficient (Wildman–Crippen LogP) is 4.71.